The summed E-state index contributed by atoms with van der Waals surface area (Å²) in [5.74, 6) is 0.298. The molecule has 1 aromatic rings. The third kappa shape index (κ3) is 3.83. The van der Waals surface area contributed by atoms with Gasteiger partial charge in [0, 0.05) is 18.5 Å². The minimum atomic E-state index is 0.112. The predicted octanol–water partition coefficient (Wildman–Crippen LogP) is 2.43. The standard InChI is InChI=1S/C17H26N2O/c1-2-3-8-16(12-18)19-17(20)15-10-9-13-6-4-5-7-14(13)11-15/h4-7,15-16H,2-3,8-12,18H2,1H3,(H,19,20). The van der Waals surface area contributed by atoms with Crippen LogP contribution in [0.25, 0.3) is 0 Å². The number of benzene rings is 1. The van der Waals surface area contributed by atoms with Crippen LogP contribution in [0.2, 0.25) is 0 Å². The van der Waals surface area contributed by atoms with E-state index in [4.69, 9.17) is 5.73 Å². The van der Waals surface area contributed by atoms with Crippen molar-refractivity contribution in [3.05, 3.63) is 35.4 Å². The van der Waals surface area contributed by atoms with Crippen LogP contribution in [0.5, 0.6) is 0 Å². The van der Waals surface area contributed by atoms with E-state index in [-0.39, 0.29) is 17.9 Å². The molecule has 0 heterocycles. The van der Waals surface area contributed by atoms with Crippen LogP contribution < -0.4 is 11.1 Å². The fourth-order valence-corrected chi connectivity index (χ4v) is 2.94. The summed E-state index contributed by atoms with van der Waals surface area (Å²) >= 11 is 0. The van der Waals surface area contributed by atoms with Crippen LogP contribution in [0.3, 0.4) is 0 Å². The van der Waals surface area contributed by atoms with Crippen LogP contribution in [0, 0.1) is 5.92 Å². The highest BCUT2D eigenvalue weighted by Gasteiger charge is 2.25. The quantitative estimate of drug-likeness (QED) is 0.837. The molecule has 3 nitrogen and oxygen atoms in total. The number of hydrogen-bond acceptors (Lipinski definition) is 2. The van der Waals surface area contributed by atoms with Gasteiger partial charge in [0.15, 0.2) is 0 Å². The first-order chi connectivity index (χ1) is 9.74. The van der Waals surface area contributed by atoms with Crippen molar-refractivity contribution in [1.82, 2.24) is 5.32 Å². The van der Waals surface area contributed by atoms with E-state index >= 15 is 0 Å². The number of carbonyl (C=O) groups is 1. The summed E-state index contributed by atoms with van der Waals surface area (Å²) in [4.78, 5) is 12.4. The van der Waals surface area contributed by atoms with Gasteiger partial charge in [-0.2, -0.15) is 0 Å². The highest BCUT2D eigenvalue weighted by Crippen LogP contribution is 2.25. The monoisotopic (exact) mass is 274 g/mol. The van der Waals surface area contributed by atoms with Crippen LogP contribution in [0.1, 0.15) is 43.7 Å². The van der Waals surface area contributed by atoms with Gasteiger partial charge < -0.3 is 11.1 Å². The minimum absolute atomic E-state index is 0.112. The third-order valence-corrected chi connectivity index (χ3v) is 4.25. The number of nitrogens with one attached hydrogen (secondary N) is 1. The average molecular weight is 274 g/mol. The number of hydrogen-bond donors (Lipinski definition) is 2. The number of nitrogens with two attached hydrogens (primary N) is 1. The molecule has 0 spiro atoms. The van der Waals surface area contributed by atoms with Crippen molar-refractivity contribution < 1.29 is 4.79 Å². The van der Waals surface area contributed by atoms with Gasteiger partial charge in [0.05, 0.1) is 0 Å². The maximum absolute atomic E-state index is 12.4. The van der Waals surface area contributed by atoms with E-state index in [0.717, 1.165) is 38.5 Å². The smallest absolute Gasteiger partial charge is 0.223 e. The van der Waals surface area contributed by atoms with E-state index in [0.29, 0.717) is 6.54 Å². The number of fused-ring (bicyclic) bond motifs is 1. The van der Waals surface area contributed by atoms with Crippen LogP contribution in [0.4, 0.5) is 0 Å². The first-order valence-electron chi connectivity index (χ1n) is 7.81. The Morgan fingerprint density at radius 2 is 2.15 bits per heavy atom. The summed E-state index contributed by atoms with van der Waals surface area (Å²) in [6, 6.07) is 8.59. The van der Waals surface area contributed by atoms with Crippen molar-refractivity contribution in [1.29, 1.82) is 0 Å². The van der Waals surface area contributed by atoms with E-state index in [2.05, 4.69) is 36.5 Å². The van der Waals surface area contributed by atoms with Gasteiger partial charge in [0.1, 0.15) is 0 Å². The van der Waals surface area contributed by atoms with E-state index in [9.17, 15) is 4.79 Å². The molecule has 3 N–H and O–H groups in total. The van der Waals surface area contributed by atoms with E-state index in [1.807, 2.05) is 0 Å². The lowest BCUT2D eigenvalue weighted by Crippen LogP contribution is -2.44. The molecular formula is C17H26N2O. The summed E-state index contributed by atoms with van der Waals surface area (Å²) < 4.78 is 0. The molecule has 1 aliphatic rings. The molecule has 0 bridgehead atoms. The Hall–Kier alpha value is -1.35. The SMILES string of the molecule is CCCCC(CN)NC(=O)C1CCc2ccccc2C1. The van der Waals surface area contributed by atoms with Gasteiger partial charge in [-0.25, -0.2) is 0 Å². The van der Waals surface area contributed by atoms with E-state index < -0.39 is 0 Å². The molecule has 2 unspecified atom stereocenters. The highest BCUT2D eigenvalue weighted by atomic mass is 16.1. The Morgan fingerprint density at radius 1 is 1.40 bits per heavy atom. The molecule has 0 aliphatic heterocycles. The topological polar surface area (TPSA) is 55.1 Å². The van der Waals surface area contributed by atoms with Crippen molar-refractivity contribution in [3.63, 3.8) is 0 Å². The summed E-state index contributed by atoms with van der Waals surface area (Å²) in [6.45, 7) is 2.70. The molecular weight excluding hydrogens is 248 g/mol. The molecule has 3 heteroatoms. The lowest BCUT2D eigenvalue weighted by Gasteiger charge is -2.26. The Kier molecular flexibility index (Phi) is 5.60. The minimum Gasteiger partial charge on any atom is -0.352 e. The second kappa shape index (κ2) is 7.44. The Balaban J connectivity index is 1.90. The maximum atomic E-state index is 12.4. The van der Waals surface area contributed by atoms with E-state index in [1.54, 1.807) is 0 Å². The zero-order valence-corrected chi connectivity index (χ0v) is 12.4. The molecule has 0 fully saturated rings. The molecule has 1 aromatic carbocycles. The van der Waals surface area contributed by atoms with Crippen molar-refractivity contribution in [3.8, 4) is 0 Å². The van der Waals surface area contributed by atoms with Crippen LogP contribution in [-0.4, -0.2) is 18.5 Å². The van der Waals surface area contributed by atoms with Gasteiger partial charge in [-0.15, -0.1) is 0 Å². The Labute approximate surface area is 121 Å². The molecule has 2 atom stereocenters. The third-order valence-electron chi connectivity index (χ3n) is 4.25. The fraction of sp³-hybridized carbons (Fsp3) is 0.588. The number of unbranched alkanes of at least 4 members (excludes halogenated alkanes) is 1. The van der Waals surface area contributed by atoms with E-state index in [1.165, 1.54) is 11.1 Å². The molecule has 2 rings (SSSR count). The maximum Gasteiger partial charge on any atom is 0.223 e. The van der Waals surface area contributed by atoms with Crippen LogP contribution in [0.15, 0.2) is 24.3 Å². The van der Waals surface area contributed by atoms with Crippen molar-refractivity contribution >= 4 is 5.91 Å². The number of carbonyl (C=O) groups excluding carboxylic acids is 1. The van der Waals surface area contributed by atoms with Gasteiger partial charge in [-0.3, -0.25) is 4.79 Å². The van der Waals surface area contributed by atoms with Crippen LogP contribution >= 0.6 is 0 Å². The van der Waals surface area contributed by atoms with Crippen LogP contribution in [-0.2, 0) is 17.6 Å². The predicted molar refractivity (Wildman–Crippen MR) is 82.5 cm³/mol. The molecule has 1 aliphatic carbocycles. The molecule has 1 amide bonds. The summed E-state index contributed by atoms with van der Waals surface area (Å²) in [7, 11) is 0. The first kappa shape index (κ1) is 15.0. The Morgan fingerprint density at radius 3 is 2.85 bits per heavy atom. The second-order valence-electron chi connectivity index (χ2n) is 5.79. The molecule has 0 aromatic heterocycles. The summed E-state index contributed by atoms with van der Waals surface area (Å²) in [5, 5.41) is 3.14. The van der Waals surface area contributed by atoms with Crippen molar-refractivity contribution in [2.75, 3.05) is 6.54 Å². The Bertz CT molecular complexity index is 444. The lowest BCUT2D eigenvalue weighted by molar-refractivity contribution is -0.126. The number of aryl methyl sites for hydroxylation is 1. The van der Waals surface area contributed by atoms with Crippen molar-refractivity contribution in [2.24, 2.45) is 11.7 Å². The summed E-state index contributed by atoms with van der Waals surface area (Å²) in [6.07, 6.45) is 6.08. The van der Waals surface area contributed by atoms with Gasteiger partial charge >= 0.3 is 0 Å². The van der Waals surface area contributed by atoms with Crippen molar-refractivity contribution in [2.45, 2.75) is 51.5 Å². The lowest BCUT2D eigenvalue weighted by atomic mass is 9.83. The van der Waals surface area contributed by atoms with Gasteiger partial charge in [0.25, 0.3) is 0 Å². The molecule has 0 radical (unpaired) electrons. The van der Waals surface area contributed by atoms with Gasteiger partial charge in [0.2, 0.25) is 5.91 Å². The molecule has 110 valence electrons. The fourth-order valence-electron chi connectivity index (χ4n) is 2.94. The molecule has 20 heavy (non-hydrogen) atoms. The normalized spacial score (nSPS) is 19.2. The largest absolute Gasteiger partial charge is 0.352 e. The molecule has 0 saturated heterocycles. The highest BCUT2D eigenvalue weighted by molar-refractivity contribution is 5.79. The first-order valence-corrected chi connectivity index (χ1v) is 7.81. The molecule has 0 saturated carbocycles. The van der Waals surface area contributed by atoms with Gasteiger partial charge in [-0.1, -0.05) is 44.0 Å². The zero-order valence-electron chi connectivity index (χ0n) is 12.4. The van der Waals surface area contributed by atoms with Gasteiger partial charge in [-0.05, 0) is 36.8 Å². The second-order valence-corrected chi connectivity index (χ2v) is 5.79. The number of rotatable bonds is 6. The zero-order chi connectivity index (χ0) is 14.4. The summed E-state index contributed by atoms with van der Waals surface area (Å²) in [5.41, 5.74) is 8.48. The number of amides is 1. The average Bonchev–Trinajstić information content (AvgIpc) is 2.50.